The molecule has 4 nitrogen and oxygen atoms in total. The maximum atomic E-state index is 10.7. The summed E-state index contributed by atoms with van der Waals surface area (Å²) in [5.41, 5.74) is 1.91. The lowest BCUT2D eigenvalue weighted by Gasteiger charge is -2.43. The number of aliphatic hydroxyl groups excluding tert-OH is 1. The lowest BCUT2D eigenvalue weighted by molar-refractivity contribution is 0.0387. The van der Waals surface area contributed by atoms with Gasteiger partial charge in [0.05, 0.1) is 24.4 Å². The third-order valence-corrected chi connectivity index (χ3v) is 4.86. The molecule has 1 heterocycles. The van der Waals surface area contributed by atoms with E-state index in [-0.39, 0.29) is 6.10 Å². The molecule has 0 saturated carbocycles. The second-order valence-corrected chi connectivity index (χ2v) is 6.56. The van der Waals surface area contributed by atoms with Crippen molar-refractivity contribution in [1.82, 2.24) is 10.2 Å². The fourth-order valence-electron chi connectivity index (χ4n) is 3.40. The summed E-state index contributed by atoms with van der Waals surface area (Å²) in [5.74, 6) is 0. The molecule has 0 spiro atoms. The molecule has 4 heteroatoms. The van der Waals surface area contributed by atoms with E-state index in [0.29, 0.717) is 0 Å². The molecular weight excluding hydrogens is 288 g/mol. The van der Waals surface area contributed by atoms with Crippen molar-refractivity contribution in [2.45, 2.75) is 24.2 Å². The third kappa shape index (κ3) is 3.40. The van der Waals surface area contributed by atoms with Gasteiger partial charge in [0.2, 0.25) is 0 Å². The summed E-state index contributed by atoms with van der Waals surface area (Å²) in [6, 6.07) is 10.3. The molecular formula is C19H26N2O2. The molecule has 0 bridgehead atoms. The summed E-state index contributed by atoms with van der Waals surface area (Å²) in [6.07, 6.45) is 6.38. The summed E-state index contributed by atoms with van der Waals surface area (Å²) in [5, 5.41) is 14.1. The first-order valence-corrected chi connectivity index (χ1v) is 8.24. The van der Waals surface area contributed by atoms with Crippen LogP contribution in [0.2, 0.25) is 0 Å². The van der Waals surface area contributed by atoms with Crippen LogP contribution in [0.15, 0.2) is 54.1 Å². The average Bonchev–Trinajstić information content (AvgIpc) is 2.58. The number of hydrogen-bond acceptors (Lipinski definition) is 4. The van der Waals surface area contributed by atoms with Crippen LogP contribution in [-0.2, 0) is 11.2 Å². The summed E-state index contributed by atoms with van der Waals surface area (Å²) in [4.78, 5) is 2.12. The van der Waals surface area contributed by atoms with Gasteiger partial charge in [-0.15, -0.1) is 0 Å². The van der Waals surface area contributed by atoms with Crippen molar-refractivity contribution >= 4 is 0 Å². The Hall–Kier alpha value is -1.46. The quantitative estimate of drug-likeness (QED) is 0.881. The van der Waals surface area contributed by atoms with Gasteiger partial charge >= 0.3 is 0 Å². The molecule has 3 atom stereocenters. The molecule has 1 fully saturated rings. The zero-order valence-electron chi connectivity index (χ0n) is 13.9. The number of ether oxygens (including phenoxy) is 1. The van der Waals surface area contributed by atoms with Gasteiger partial charge in [0.25, 0.3) is 0 Å². The van der Waals surface area contributed by atoms with Crippen LogP contribution in [0.4, 0.5) is 0 Å². The van der Waals surface area contributed by atoms with E-state index in [2.05, 4.69) is 28.4 Å². The number of aliphatic hydroxyl groups is 1. The third-order valence-electron chi connectivity index (χ3n) is 4.86. The summed E-state index contributed by atoms with van der Waals surface area (Å²) >= 11 is 0. The Morgan fingerprint density at radius 1 is 1.30 bits per heavy atom. The SMILES string of the molecule is CN(C)C1(Cc2ccccc2)C=C(C2CNCCO2)C=CC1O. The highest BCUT2D eigenvalue weighted by atomic mass is 16.5. The van der Waals surface area contributed by atoms with Gasteiger partial charge in [0.1, 0.15) is 0 Å². The second-order valence-electron chi connectivity index (χ2n) is 6.56. The molecule has 3 rings (SSSR count). The maximum Gasteiger partial charge on any atom is 0.0947 e. The molecule has 1 aliphatic carbocycles. The van der Waals surface area contributed by atoms with Crippen molar-refractivity contribution in [3.63, 3.8) is 0 Å². The molecule has 1 aromatic carbocycles. The number of nitrogens with one attached hydrogen (secondary N) is 1. The van der Waals surface area contributed by atoms with E-state index in [1.54, 1.807) is 0 Å². The first kappa shape index (κ1) is 16.4. The summed E-state index contributed by atoms with van der Waals surface area (Å²) < 4.78 is 5.89. The minimum Gasteiger partial charge on any atom is -0.387 e. The normalized spacial score (nSPS) is 31.2. The molecule has 1 aromatic rings. The molecule has 23 heavy (non-hydrogen) atoms. The van der Waals surface area contributed by atoms with Gasteiger partial charge < -0.3 is 15.2 Å². The lowest BCUT2D eigenvalue weighted by atomic mass is 9.78. The van der Waals surface area contributed by atoms with Crippen LogP contribution in [0.25, 0.3) is 0 Å². The van der Waals surface area contributed by atoms with Crippen LogP contribution in [0.3, 0.4) is 0 Å². The molecule has 0 amide bonds. The van der Waals surface area contributed by atoms with E-state index < -0.39 is 11.6 Å². The Balaban J connectivity index is 1.92. The number of nitrogens with zero attached hydrogens (tertiary/aromatic N) is 1. The van der Waals surface area contributed by atoms with Gasteiger partial charge in [-0.2, -0.15) is 0 Å². The van der Waals surface area contributed by atoms with E-state index in [0.717, 1.165) is 31.7 Å². The summed E-state index contributed by atoms with van der Waals surface area (Å²) in [6.45, 7) is 2.45. The van der Waals surface area contributed by atoms with Crippen LogP contribution in [-0.4, -0.2) is 61.5 Å². The Morgan fingerprint density at radius 3 is 2.74 bits per heavy atom. The number of benzene rings is 1. The van der Waals surface area contributed by atoms with Gasteiger partial charge in [0, 0.05) is 13.1 Å². The number of morpholine rings is 1. The van der Waals surface area contributed by atoms with E-state index >= 15 is 0 Å². The predicted octanol–water partition coefficient (Wildman–Crippen LogP) is 1.38. The zero-order chi connectivity index (χ0) is 16.3. The van der Waals surface area contributed by atoms with Crippen LogP contribution < -0.4 is 5.32 Å². The minimum absolute atomic E-state index is 0.0580. The molecule has 2 aliphatic rings. The molecule has 3 unspecified atom stereocenters. The standard InChI is InChI=1S/C19H26N2O2/c1-21(2)19(12-15-6-4-3-5-7-15)13-16(8-9-18(19)22)17-14-20-10-11-23-17/h3-9,13,17-18,20,22H,10-12,14H2,1-2H3. The van der Waals surface area contributed by atoms with Gasteiger partial charge in [0.15, 0.2) is 0 Å². The fourth-order valence-corrected chi connectivity index (χ4v) is 3.40. The maximum absolute atomic E-state index is 10.7. The Kier molecular flexibility index (Phi) is 4.97. The molecule has 2 N–H and O–H groups in total. The van der Waals surface area contributed by atoms with E-state index in [9.17, 15) is 5.11 Å². The fraction of sp³-hybridized carbons (Fsp3) is 0.474. The van der Waals surface area contributed by atoms with Crippen molar-refractivity contribution in [1.29, 1.82) is 0 Å². The Bertz CT molecular complexity index is 576. The van der Waals surface area contributed by atoms with Gasteiger partial charge in [-0.3, -0.25) is 4.90 Å². The number of rotatable bonds is 4. The topological polar surface area (TPSA) is 44.7 Å². The largest absolute Gasteiger partial charge is 0.387 e. The molecule has 1 saturated heterocycles. The predicted molar refractivity (Wildman–Crippen MR) is 92.4 cm³/mol. The molecule has 0 radical (unpaired) electrons. The van der Waals surface area contributed by atoms with Crippen molar-refractivity contribution in [3.05, 3.63) is 59.7 Å². The van der Waals surface area contributed by atoms with Gasteiger partial charge in [-0.25, -0.2) is 0 Å². The van der Waals surface area contributed by atoms with Crippen LogP contribution in [0, 0.1) is 0 Å². The highest BCUT2D eigenvalue weighted by molar-refractivity contribution is 5.38. The van der Waals surface area contributed by atoms with Crippen LogP contribution in [0.5, 0.6) is 0 Å². The Morgan fingerprint density at radius 2 is 2.09 bits per heavy atom. The molecule has 1 aliphatic heterocycles. The Labute approximate surface area is 138 Å². The van der Waals surface area contributed by atoms with Gasteiger partial charge in [-0.1, -0.05) is 48.6 Å². The first-order chi connectivity index (χ1) is 11.1. The molecule has 124 valence electrons. The smallest absolute Gasteiger partial charge is 0.0947 e. The van der Waals surface area contributed by atoms with Crippen LogP contribution in [0.1, 0.15) is 5.56 Å². The number of hydrogen-bond donors (Lipinski definition) is 2. The van der Waals surface area contributed by atoms with E-state index in [4.69, 9.17) is 4.74 Å². The first-order valence-electron chi connectivity index (χ1n) is 8.24. The zero-order valence-corrected chi connectivity index (χ0v) is 13.9. The monoisotopic (exact) mass is 314 g/mol. The average molecular weight is 314 g/mol. The van der Waals surface area contributed by atoms with Crippen molar-refractivity contribution < 1.29 is 9.84 Å². The minimum atomic E-state index is -0.544. The van der Waals surface area contributed by atoms with Crippen molar-refractivity contribution in [3.8, 4) is 0 Å². The number of likely N-dealkylation sites (N-methyl/N-ethyl adjacent to an activating group) is 1. The second kappa shape index (κ2) is 6.97. The van der Waals surface area contributed by atoms with Crippen molar-refractivity contribution in [2.75, 3.05) is 33.8 Å². The summed E-state index contributed by atoms with van der Waals surface area (Å²) in [7, 11) is 4.05. The van der Waals surface area contributed by atoms with Gasteiger partial charge in [-0.05, 0) is 31.7 Å². The molecule has 0 aromatic heterocycles. The van der Waals surface area contributed by atoms with E-state index in [1.807, 2.05) is 44.4 Å². The lowest BCUT2D eigenvalue weighted by Crippen LogP contribution is -2.55. The highest BCUT2D eigenvalue weighted by Crippen LogP contribution is 2.32. The highest BCUT2D eigenvalue weighted by Gasteiger charge is 2.40. The van der Waals surface area contributed by atoms with Crippen molar-refractivity contribution in [2.24, 2.45) is 0 Å². The van der Waals surface area contributed by atoms with E-state index in [1.165, 1.54) is 5.56 Å². The van der Waals surface area contributed by atoms with Crippen LogP contribution >= 0.6 is 0 Å².